The van der Waals surface area contributed by atoms with Gasteiger partial charge in [0.2, 0.25) is 0 Å². The van der Waals surface area contributed by atoms with E-state index in [-0.39, 0.29) is 0 Å². The summed E-state index contributed by atoms with van der Waals surface area (Å²) in [5, 5.41) is 6.74. The minimum Gasteiger partial charge on any atom is -0.384 e. The quantitative estimate of drug-likeness (QED) is 0.681. The Morgan fingerprint density at radius 2 is 2.46 bits per heavy atom. The number of hydrogen-bond acceptors (Lipinski definition) is 3. The fraction of sp³-hybridized carbons (Fsp3) is 0.667. The summed E-state index contributed by atoms with van der Waals surface area (Å²) in [6.45, 7) is 1.16. The Morgan fingerprint density at radius 3 is 3.08 bits per heavy atom. The van der Waals surface area contributed by atoms with Crippen LogP contribution in [0.2, 0.25) is 0 Å². The Kier molecular flexibility index (Phi) is 2.22. The van der Waals surface area contributed by atoms with Crippen LogP contribution in [0.4, 0.5) is 5.82 Å². The molecule has 1 fully saturated rings. The van der Waals surface area contributed by atoms with Gasteiger partial charge in [-0.05, 0) is 26.4 Å². The largest absolute Gasteiger partial charge is 0.384 e. The number of nitrogens with two attached hydrogens (primary N) is 1. The lowest BCUT2D eigenvalue weighted by Gasteiger charge is -2.31. The van der Waals surface area contributed by atoms with E-state index < -0.39 is 0 Å². The van der Waals surface area contributed by atoms with Gasteiger partial charge in [0.05, 0.1) is 6.20 Å². The van der Waals surface area contributed by atoms with Crippen LogP contribution in [0.3, 0.4) is 0 Å². The maximum Gasteiger partial charge on any atom is 0.123 e. The van der Waals surface area contributed by atoms with Gasteiger partial charge < -0.3 is 5.73 Å². The molecule has 0 spiro atoms. The number of nitrogens with zero attached hydrogens (tertiary/aromatic N) is 2. The second-order valence-electron chi connectivity index (χ2n) is 3.73. The lowest BCUT2D eigenvalue weighted by molar-refractivity contribution is 0.188. The van der Waals surface area contributed by atoms with E-state index >= 15 is 0 Å². The molecule has 0 radical (unpaired) electrons. The van der Waals surface area contributed by atoms with Gasteiger partial charge in [0.1, 0.15) is 5.82 Å². The SMILES string of the molecule is CN1CCCCC1c1cn[nH]c1N. The third kappa shape index (κ3) is 1.54. The number of hydrogen-bond donors (Lipinski definition) is 2. The van der Waals surface area contributed by atoms with E-state index in [1.807, 2.05) is 6.20 Å². The highest BCUT2D eigenvalue weighted by molar-refractivity contribution is 5.39. The highest BCUT2D eigenvalue weighted by Gasteiger charge is 2.23. The van der Waals surface area contributed by atoms with Gasteiger partial charge >= 0.3 is 0 Å². The van der Waals surface area contributed by atoms with Crippen LogP contribution in [-0.4, -0.2) is 28.7 Å². The molecule has 0 aliphatic carbocycles. The van der Waals surface area contributed by atoms with Crippen molar-refractivity contribution in [2.75, 3.05) is 19.3 Å². The summed E-state index contributed by atoms with van der Waals surface area (Å²) in [7, 11) is 2.15. The molecule has 1 aromatic rings. The molecule has 72 valence electrons. The van der Waals surface area contributed by atoms with Crippen molar-refractivity contribution in [1.29, 1.82) is 0 Å². The van der Waals surface area contributed by atoms with E-state index in [1.165, 1.54) is 19.3 Å². The molecule has 1 aliphatic heterocycles. The molecule has 0 amide bonds. The van der Waals surface area contributed by atoms with Crippen LogP contribution in [0.5, 0.6) is 0 Å². The fourth-order valence-corrected chi connectivity index (χ4v) is 2.04. The first kappa shape index (κ1) is 8.56. The van der Waals surface area contributed by atoms with Gasteiger partial charge in [-0.3, -0.25) is 10.00 Å². The number of likely N-dealkylation sites (tertiary alicyclic amines) is 1. The molecule has 4 nitrogen and oxygen atoms in total. The first-order chi connectivity index (χ1) is 6.29. The first-order valence-electron chi connectivity index (χ1n) is 4.78. The van der Waals surface area contributed by atoms with Crippen LogP contribution in [0, 0.1) is 0 Å². The van der Waals surface area contributed by atoms with Crippen molar-refractivity contribution in [3.05, 3.63) is 11.8 Å². The number of nitrogen functional groups attached to an aromatic ring is 1. The van der Waals surface area contributed by atoms with E-state index in [1.54, 1.807) is 0 Å². The minimum absolute atomic E-state index is 0.465. The zero-order valence-corrected chi connectivity index (χ0v) is 7.95. The topological polar surface area (TPSA) is 57.9 Å². The van der Waals surface area contributed by atoms with Crippen LogP contribution in [0.15, 0.2) is 6.20 Å². The number of anilines is 1. The van der Waals surface area contributed by atoms with Crippen molar-refractivity contribution in [2.24, 2.45) is 0 Å². The first-order valence-corrected chi connectivity index (χ1v) is 4.78. The number of piperidine rings is 1. The molecule has 4 heteroatoms. The number of aromatic amines is 1. The van der Waals surface area contributed by atoms with E-state index in [9.17, 15) is 0 Å². The molecular weight excluding hydrogens is 164 g/mol. The van der Waals surface area contributed by atoms with Crippen LogP contribution in [-0.2, 0) is 0 Å². The van der Waals surface area contributed by atoms with Gasteiger partial charge in [-0.15, -0.1) is 0 Å². The van der Waals surface area contributed by atoms with Gasteiger partial charge in [0, 0.05) is 11.6 Å². The van der Waals surface area contributed by atoms with Crippen molar-refractivity contribution in [2.45, 2.75) is 25.3 Å². The second kappa shape index (κ2) is 3.38. The van der Waals surface area contributed by atoms with Gasteiger partial charge in [-0.2, -0.15) is 5.10 Å². The average Bonchev–Trinajstić information content (AvgIpc) is 2.52. The van der Waals surface area contributed by atoms with E-state index in [2.05, 4.69) is 22.1 Å². The van der Waals surface area contributed by atoms with Crippen molar-refractivity contribution >= 4 is 5.82 Å². The molecular formula is C9H16N4. The van der Waals surface area contributed by atoms with Gasteiger partial charge in [0.25, 0.3) is 0 Å². The van der Waals surface area contributed by atoms with Crippen molar-refractivity contribution in [3.8, 4) is 0 Å². The van der Waals surface area contributed by atoms with Crippen LogP contribution >= 0.6 is 0 Å². The van der Waals surface area contributed by atoms with Gasteiger partial charge in [0.15, 0.2) is 0 Å². The summed E-state index contributed by atoms with van der Waals surface area (Å²) < 4.78 is 0. The van der Waals surface area contributed by atoms with E-state index in [4.69, 9.17) is 5.73 Å². The number of aromatic nitrogens is 2. The average molecular weight is 180 g/mol. The molecule has 0 aromatic carbocycles. The molecule has 13 heavy (non-hydrogen) atoms. The Hall–Kier alpha value is -1.03. The van der Waals surface area contributed by atoms with E-state index in [0.717, 1.165) is 17.9 Å². The van der Waals surface area contributed by atoms with Crippen LogP contribution < -0.4 is 5.73 Å². The minimum atomic E-state index is 0.465. The molecule has 1 aromatic heterocycles. The monoisotopic (exact) mass is 180 g/mol. The molecule has 2 rings (SSSR count). The summed E-state index contributed by atoms with van der Waals surface area (Å²) >= 11 is 0. The number of nitrogens with one attached hydrogen (secondary N) is 1. The summed E-state index contributed by atoms with van der Waals surface area (Å²) in [6.07, 6.45) is 5.63. The summed E-state index contributed by atoms with van der Waals surface area (Å²) in [4.78, 5) is 2.35. The van der Waals surface area contributed by atoms with Crippen LogP contribution in [0.25, 0.3) is 0 Å². The lowest BCUT2D eigenvalue weighted by atomic mass is 9.98. The summed E-state index contributed by atoms with van der Waals surface area (Å²) in [5.74, 6) is 0.721. The van der Waals surface area contributed by atoms with Crippen molar-refractivity contribution in [1.82, 2.24) is 15.1 Å². The Bertz CT molecular complexity index is 281. The Morgan fingerprint density at radius 1 is 1.62 bits per heavy atom. The zero-order valence-electron chi connectivity index (χ0n) is 7.95. The maximum atomic E-state index is 5.79. The predicted molar refractivity (Wildman–Crippen MR) is 52.2 cm³/mol. The predicted octanol–water partition coefficient (Wildman–Crippen LogP) is 1.15. The number of rotatable bonds is 1. The molecule has 1 unspecified atom stereocenters. The highest BCUT2D eigenvalue weighted by Crippen LogP contribution is 2.31. The Labute approximate surface area is 78.1 Å². The standard InChI is InChI=1S/C9H16N4/c1-13-5-3-2-4-8(13)7-6-11-12-9(7)10/h6,8H,2-5H2,1H3,(H3,10,11,12). The molecule has 1 aliphatic rings. The zero-order chi connectivity index (χ0) is 9.26. The molecule has 1 atom stereocenters. The number of H-pyrrole nitrogens is 1. The smallest absolute Gasteiger partial charge is 0.123 e. The lowest BCUT2D eigenvalue weighted by Crippen LogP contribution is -2.29. The highest BCUT2D eigenvalue weighted by atomic mass is 15.2. The fourth-order valence-electron chi connectivity index (χ4n) is 2.04. The third-order valence-electron chi connectivity index (χ3n) is 2.83. The summed E-state index contributed by atoms with van der Waals surface area (Å²) in [6, 6.07) is 0.465. The normalized spacial score (nSPS) is 24.8. The van der Waals surface area contributed by atoms with Crippen LogP contribution in [0.1, 0.15) is 30.9 Å². The molecule has 3 N–H and O–H groups in total. The molecule has 0 bridgehead atoms. The van der Waals surface area contributed by atoms with Crippen molar-refractivity contribution < 1.29 is 0 Å². The molecule has 0 saturated carbocycles. The van der Waals surface area contributed by atoms with Gasteiger partial charge in [-0.1, -0.05) is 6.42 Å². The summed E-state index contributed by atoms with van der Waals surface area (Å²) in [5.41, 5.74) is 6.94. The van der Waals surface area contributed by atoms with E-state index in [0.29, 0.717) is 6.04 Å². The maximum absolute atomic E-state index is 5.79. The molecule has 1 saturated heterocycles. The Balaban J connectivity index is 2.19. The van der Waals surface area contributed by atoms with Gasteiger partial charge in [-0.25, -0.2) is 0 Å². The molecule has 2 heterocycles. The van der Waals surface area contributed by atoms with Crippen molar-refractivity contribution in [3.63, 3.8) is 0 Å². The second-order valence-corrected chi connectivity index (χ2v) is 3.73. The third-order valence-corrected chi connectivity index (χ3v) is 2.83.